The molecule has 0 fully saturated rings. The van der Waals surface area contributed by atoms with E-state index in [4.69, 9.17) is 18.9 Å². The van der Waals surface area contributed by atoms with E-state index in [9.17, 15) is 19.2 Å². The third kappa shape index (κ3) is 12.5. The topological polar surface area (TPSA) is 154 Å². The number of nitrogens with zero attached hydrogens (tertiary/aromatic N) is 2. The number of hydrogen-bond acceptors (Lipinski definition) is 10. The molecule has 0 saturated heterocycles. The lowest BCUT2D eigenvalue weighted by molar-refractivity contribution is -0.121. The van der Waals surface area contributed by atoms with Gasteiger partial charge in [0.25, 0.3) is 0 Å². The Kier molecular flexibility index (Phi) is 14.9. The van der Waals surface area contributed by atoms with E-state index in [1.807, 2.05) is 0 Å². The summed E-state index contributed by atoms with van der Waals surface area (Å²) in [6.07, 6.45) is 4.91. The Bertz CT molecular complexity index is 1760. The van der Waals surface area contributed by atoms with E-state index in [-0.39, 0.29) is 36.2 Å². The molecule has 0 bridgehead atoms. The predicted molar refractivity (Wildman–Crippen MR) is 199 cm³/mol. The molecule has 0 aromatic heterocycles. The van der Waals surface area contributed by atoms with Gasteiger partial charge in [-0.3, -0.25) is 9.59 Å². The van der Waals surface area contributed by atoms with Crippen LogP contribution < -0.4 is 29.8 Å². The number of carbonyl (C=O) groups excluding carboxylic acids is 4. The maximum Gasteiger partial charge on any atom is 0.343 e. The number of hydrazone groups is 2. The highest BCUT2D eigenvalue weighted by molar-refractivity contribution is 9.10. The van der Waals surface area contributed by atoms with E-state index < -0.39 is 11.9 Å². The number of unbranched alkanes of at least 4 members (excludes halogenated alkanes) is 2. The van der Waals surface area contributed by atoms with Crippen molar-refractivity contribution in [2.75, 3.05) is 14.2 Å². The molecule has 12 nitrogen and oxygen atoms in total. The Morgan fingerprint density at radius 2 is 0.980 bits per heavy atom. The van der Waals surface area contributed by atoms with Crippen LogP contribution in [0.1, 0.15) is 63.9 Å². The van der Waals surface area contributed by atoms with Crippen molar-refractivity contribution in [1.82, 2.24) is 10.9 Å². The minimum atomic E-state index is -0.554. The van der Waals surface area contributed by atoms with Gasteiger partial charge >= 0.3 is 11.9 Å². The third-order valence-electron chi connectivity index (χ3n) is 7.09. The fourth-order valence-corrected chi connectivity index (χ4v) is 5.16. The molecule has 0 aliphatic carbocycles. The quantitative estimate of drug-likeness (QED) is 0.0395. The molecule has 0 heterocycles. The Labute approximate surface area is 311 Å². The van der Waals surface area contributed by atoms with Crippen LogP contribution in [0.5, 0.6) is 23.0 Å². The lowest BCUT2D eigenvalue weighted by Gasteiger charge is -2.09. The number of amides is 2. The van der Waals surface area contributed by atoms with Crippen LogP contribution in [-0.4, -0.2) is 50.4 Å². The van der Waals surface area contributed by atoms with Crippen LogP contribution in [0.2, 0.25) is 0 Å². The lowest BCUT2D eigenvalue weighted by Crippen LogP contribution is -2.18. The molecule has 4 aromatic rings. The van der Waals surface area contributed by atoms with Crippen molar-refractivity contribution in [3.05, 3.63) is 116 Å². The van der Waals surface area contributed by atoms with Crippen LogP contribution in [-0.2, 0) is 9.59 Å². The minimum Gasteiger partial charge on any atom is -0.497 e. The van der Waals surface area contributed by atoms with Crippen LogP contribution in [0.25, 0.3) is 0 Å². The molecule has 0 aliphatic rings. The molecule has 0 spiro atoms. The molecule has 0 aliphatic heterocycles. The molecule has 51 heavy (non-hydrogen) atoms. The van der Waals surface area contributed by atoms with E-state index in [0.29, 0.717) is 53.0 Å². The summed E-state index contributed by atoms with van der Waals surface area (Å²) in [5, 5.41) is 8.03. The van der Waals surface area contributed by atoms with Crippen LogP contribution >= 0.6 is 31.9 Å². The smallest absolute Gasteiger partial charge is 0.343 e. The number of hydrogen-bond donors (Lipinski definition) is 2. The highest BCUT2D eigenvalue weighted by atomic mass is 79.9. The fourth-order valence-electron chi connectivity index (χ4n) is 4.41. The molecule has 0 radical (unpaired) electrons. The standard InChI is InChI=1S/C37H34Br2N4O8/c1-48-30-14-8-24(9-15-30)36(46)50-32-18-12-28(38)20-26(32)22-40-42-34(44)6-4-3-5-7-35(45)43-41-23-27-21-29(39)13-19-33(27)51-37(47)25-10-16-31(49-2)17-11-25/h8-23H,3-7H2,1-2H3,(H,42,44)(H,43,45). The van der Waals surface area contributed by atoms with Gasteiger partial charge in [0.1, 0.15) is 23.0 Å². The Hall–Kier alpha value is -5.34. The zero-order valence-corrected chi connectivity index (χ0v) is 30.9. The first-order valence-corrected chi connectivity index (χ1v) is 17.2. The summed E-state index contributed by atoms with van der Waals surface area (Å²) in [5.74, 6) is 0.0605. The van der Waals surface area contributed by atoms with Crippen LogP contribution in [0.3, 0.4) is 0 Å². The minimum absolute atomic E-state index is 0.204. The number of esters is 2. The van der Waals surface area contributed by atoms with Crippen LogP contribution in [0.4, 0.5) is 0 Å². The maximum absolute atomic E-state index is 12.6. The fraction of sp³-hybridized carbons (Fsp3) is 0.189. The van der Waals surface area contributed by atoms with Crippen molar-refractivity contribution in [3.63, 3.8) is 0 Å². The largest absolute Gasteiger partial charge is 0.497 e. The molecule has 4 aromatic carbocycles. The second kappa shape index (κ2) is 19.7. The van der Waals surface area contributed by atoms with E-state index >= 15 is 0 Å². The predicted octanol–water partition coefficient (Wildman–Crippen LogP) is 7.22. The van der Waals surface area contributed by atoms with Crippen molar-refractivity contribution in [2.24, 2.45) is 10.2 Å². The molecule has 4 rings (SSSR count). The molecular formula is C37H34Br2N4O8. The molecule has 264 valence electrons. The van der Waals surface area contributed by atoms with E-state index in [1.165, 1.54) is 26.6 Å². The van der Waals surface area contributed by atoms with Gasteiger partial charge in [0, 0.05) is 32.9 Å². The monoisotopic (exact) mass is 820 g/mol. The van der Waals surface area contributed by atoms with Gasteiger partial charge in [-0.1, -0.05) is 38.3 Å². The average Bonchev–Trinajstić information content (AvgIpc) is 3.13. The number of rotatable bonds is 16. The Morgan fingerprint density at radius 3 is 1.35 bits per heavy atom. The van der Waals surface area contributed by atoms with Crippen molar-refractivity contribution in [1.29, 1.82) is 0 Å². The van der Waals surface area contributed by atoms with Gasteiger partial charge in [0.05, 0.1) is 37.8 Å². The second-order valence-electron chi connectivity index (χ2n) is 10.7. The lowest BCUT2D eigenvalue weighted by atomic mass is 10.1. The molecule has 0 saturated carbocycles. The first-order valence-electron chi connectivity index (χ1n) is 15.6. The molecule has 0 atom stereocenters. The summed E-state index contributed by atoms with van der Waals surface area (Å²) < 4.78 is 22.8. The van der Waals surface area contributed by atoms with Crippen molar-refractivity contribution >= 4 is 68.0 Å². The summed E-state index contributed by atoms with van der Waals surface area (Å²) in [6.45, 7) is 0. The van der Waals surface area contributed by atoms with Crippen molar-refractivity contribution in [2.45, 2.75) is 32.1 Å². The molecular weight excluding hydrogens is 788 g/mol. The van der Waals surface area contributed by atoms with Gasteiger partial charge in [-0.05, 0) is 97.8 Å². The third-order valence-corrected chi connectivity index (χ3v) is 8.08. The first-order chi connectivity index (χ1) is 24.6. The highest BCUT2D eigenvalue weighted by Gasteiger charge is 2.14. The first kappa shape index (κ1) is 38.5. The maximum atomic E-state index is 12.6. The summed E-state index contributed by atoms with van der Waals surface area (Å²) in [7, 11) is 3.08. The van der Waals surface area contributed by atoms with Gasteiger partial charge in [0.15, 0.2) is 0 Å². The van der Waals surface area contributed by atoms with E-state index in [2.05, 4.69) is 52.9 Å². The molecule has 14 heteroatoms. The normalized spacial score (nSPS) is 10.9. The van der Waals surface area contributed by atoms with Gasteiger partial charge in [-0.25, -0.2) is 20.4 Å². The molecule has 2 amide bonds. The molecule has 2 N–H and O–H groups in total. The van der Waals surface area contributed by atoms with Crippen LogP contribution in [0.15, 0.2) is 104 Å². The number of benzene rings is 4. The number of nitrogens with one attached hydrogen (secondary N) is 2. The Balaban J connectivity index is 1.17. The zero-order valence-electron chi connectivity index (χ0n) is 27.7. The van der Waals surface area contributed by atoms with Crippen LogP contribution in [0, 0.1) is 0 Å². The van der Waals surface area contributed by atoms with Gasteiger partial charge in [-0.15, -0.1) is 0 Å². The van der Waals surface area contributed by atoms with Gasteiger partial charge in [-0.2, -0.15) is 10.2 Å². The second-order valence-corrected chi connectivity index (χ2v) is 12.6. The summed E-state index contributed by atoms with van der Waals surface area (Å²) in [5.41, 5.74) is 6.60. The molecule has 0 unspecified atom stereocenters. The average molecular weight is 823 g/mol. The van der Waals surface area contributed by atoms with Crippen molar-refractivity contribution in [3.8, 4) is 23.0 Å². The number of halogens is 2. The number of methoxy groups -OCH3 is 2. The van der Waals surface area contributed by atoms with E-state index in [1.54, 1.807) is 84.9 Å². The number of carbonyl (C=O) groups is 4. The van der Waals surface area contributed by atoms with Gasteiger partial charge < -0.3 is 18.9 Å². The van der Waals surface area contributed by atoms with Crippen molar-refractivity contribution < 1.29 is 38.1 Å². The summed E-state index contributed by atoms with van der Waals surface area (Å²) in [6, 6.07) is 23.1. The SMILES string of the molecule is COc1ccc(C(=O)Oc2ccc(Br)cc2C=NNC(=O)CCCCCC(=O)NN=Cc2cc(Br)ccc2OC(=O)c2ccc(OC)cc2)cc1. The zero-order chi connectivity index (χ0) is 36.6. The highest BCUT2D eigenvalue weighted by Crippen LogP contribution is 2.25. The number of ether oxygens (including phenoxy) is 4. The summed E-state index contributed by atoms with van der Waals surface area (Å²) >= 11 is 6.78. The van der Waals surface area contributed by atoms with Gasteiger partial charge in [0.2, 0.25) is 11.8 Å². The van der Waals surface area contributed by atoms with E-state index in [0.717, 1.165) is 8.95 Å². The summed E-state index contributed by atoms with van der Waals surface area (Å²) in [4.78, 5) is 49.9. The Morgan fingerprint density at radius 1 is 0.588 bits per heavy atom.